The Balaban J connectivity index is 1.43. The van der Waals surface area contributed by atoms with E-state index < -0.39 is 0 Å². The summed E-state index contributed by atoms with van der Waals surface area (Å²) in [7, 11) is 0. The predicted molar refractivity (Wildman–Crippen MR) is 94.8 cm³/mol. The Kier molecular flexibility index (Phi) is 3.64. The van der Waals surface area contributed by atoms with Crippen molar-refractivity contribution in [3.63, 3.8) is 0 Å². The number of hydrogen-bond acceptors (Lipinski definition) is 3. The van der Waals surface area contributed by atoms with Gasteiger partial charge in [0.15, 0.2) is 0 Å². The lowest BCUT2D eigenvalue weighted by Gasteiger charge is -2.36. The number of aryl methyl sites for hydroxylation is 1. The highest BCUT2D eigenvalue weighted by Crippen LogP contribution is 2.26. The Morgan fingerprint density at radius 3 is 2.68 bits per heavy atom. The number of piperazine rings is 1. The van der Waals surface area contributed by atoms with Crippen LogP contribution in [0.5, 0.6) is 0 Å². The Morgan fingerprint density at radius 1 is 1.09 bits per heavy atom. The molecule has 0 atom stereocenters. The summed E-state index contributed by atoms with van der Waals surface area (Å²) in [4.78, 5) is 9.90. The maximum Gasteiger partial charge on any atom is 0.0505 e. The van der Waals surface area contributed by atoms with Gasteiger partial charge in [-0.2, -0.15) is 0 Å². The lowest BCUT2D eigenvalue weighted by Crippen LogP contribution is -2.46. The van der Waals surface area contributed by atoms with Crippen molar-refractivity contribution in [2.24, 2.45) is 0 Å². The molecule has 1 fully saturated rings. The molecule has 4 heteroatoms. The maximum atomic E-state index is 3.38. The summed E-state index contributed by atoms with van der Waals surface area (Å²) >= 11 is 1.84. The monoisotopic (exact) mass is 311 g/mol. The number of rotatable bonds is 3. The lowest BCUT2D eigenvalue weighted by molar-refractivity contribution is 0.250. The van der Waals surface area contributed by atoms with Gasteiger partial charge in [-0.3, -0.25) is 4.90 Å². The molecule has 1 saturated heterocycles. The van der Waals surface area contributed by atoms with Gasteiger partial charge in [0.1, 0.15) is 0 Å². The van der Waals surface area contributed by atoms with Gasteiger partial charge < -0.3 is 9.88 Å². The molecule has 0 radical (unpaired) electrons. The molecule has 0 bridgehead atoms. The van der Waals surface area contributed by atoms with E-state index in [1.165, 1.54) is 27.0 Å². The molecule has 3 heterocycles. The van der Waals surface area contributed by atoms with Crippen LogP contribution in [-0.4, -0.2) is 36.1 Å². The fourth-order valence-corrected chi connectivity index (χ4v) is 4.08. The summed E-state index contributed by atoms with van der Waals surface area (Å²) in [6.07, 6.45) is 2.17. The number of fused-ring (bicyclic) bond motifs is 1. The van der Waals surface area contributed by atoms with Crippen molar-refractivity contribution in [3.05, 3.63) is 52.3 Å². The highest BCUT2D eigenvalue weighted by molar-refractivity contribution is 7.10. The van der Waals surface area contributed by atoms with Gasteiger partial charge >= 0.3 is 0 Å². The van der Waals surface area contributed by atoms with Gasteiger partial charge in [-0.1, -0.05) is 18.2 Å². The standard InChI is InChI=1S/C18H21N3S/c1-14-18(6-11-22-14)21-9-7-20(8-10-21)13-15-12-19-17-5-3-2-4-16(15)17/h2-6,11-12,19H,7-10,13H2,1H3. The quantitative estimate of drug-likeness (QED) is 0.793. The molecule has 22 heavy (non-hydrogen) atoms. The summed E-state index contributed by atoms with van der Waals surface area (Å²) < 4.78 is 0. The molecule has 2 aromatic heterocycles. The molecule has 3 nitrogen and oxygen atoms in total. The molecule has 0 aliphatic carbocycles. The third-order valence-electron chi connectivity index (χ3n) is 4.61. The summed E-state index contributed by atoms with van der Waals surface area (Å²) in [5.41, 5.74) is 4.08. The maximum absolute atomic E-state index is 3.38. The third kappa shape index (κ3) is 2.53. The zero-order chi connectivity index (χ0) is 14.9. The zero-order valence-corrected chi connectivity index (χ0v) is 13.7. The van der Waals surface area contributed by atoms with E-state index >= 15 is 0 Å². The molecule has 1 aliphatic rings. The minimum atomic E-state index is 1.04. The van der Waals surface area contributed by atoms with Crippen LogP contribution < -0.4 is 4.90 Å². The van der Waals surface area contributed by atoms with Crippen molar-refractivity contribution in [2.45, 2.75) is 13.5 Å². The highest BCUT2D eigenvalue weighted by Gasteiger charge is 2.19. The number of H-pyrrole nitrogens is 1. The van der Waals surface area contributed by atoms with Gasteiger partial charge in [0.25, 0.3) is 0 Å². The molecule has 114 valence electrons. The second kappa shape index (κ2) is 5.78. The first-order valence-electron chi connectivity index (χ1n) is 7.87. The van der Waals surface area contributed by atoms with Gasteiger partial charge in [-0.25, -0.2) is 0 Å². The average Bonchev–Trinajstić information content (AvgIpc) is 3.15. The molecule has 0 amide bonds. The molecule has 1 aromatic carbocycles. The molecular formula is C18H21N3S. The molecule has 0 unspecified atom stereocenters. The number of thiophene rings is 1. The molecule has 0 spiro atoms. The molecule has 1 aliphatic heterocycles. The van der Waals surface area contributed by atoms with E-state index in [-0.39, 0.29) is 0 Å². The number of nitrogens with zero attached hydrogens (tertiary/aromatic N) is 2. The minimum absolute atomic E-state index is 1.04. The van der Waals surface area contributed by atoms with Crippen LogP contribution >= 0.6 is 11.3 Å². The van der Waals surface area contributed by atoms with Crippen LogP contribution in [0.1, 0.15) is 10.4 Å². The van der Waals surface area contributed by atoms with Gasteiger partial charge in [0.05, 0.1) is 5.69 Å². The first kappa shape index (κ1) is 13.9. The van der Waals surface area contributed by atoms with E-state index in [1.807, 2.05) is 11.3 Å². The van der Waals surface area contributed by atoms with Crippen LogP contribution in [-0.2, 0) is 6.54 Å². The summed E-state index contributed by atoms with van der Waals surface area (Å²) in [6.45, 7) is 7.78. The number of benzene rings is 1. The van der Waals surface area contributed by atoms with Gasteiger partial charge in [0.2, 0.25) is 0 Å². The second-order valence-corrected chi connectivity index (χ2v) is 7.10. The smallest absolute Gasteiger partial charge is 0.0505 e. The SMILES string of the molecule is Cc1sccc1N1CCN(Cc2c[nH]c3ccccc23)CC1. The van der Waals surface area contributed by atoms with E-state index in [2.05, 4.69) is 63.6 Å². The van der Waals surface area contributed by atoms with Crippen molar-refractivity contribution in [3.8, 4) is 0 Å². The van der Waals surface area contributed by atoms with Crippen LogP contribution in [0.15, 0.2) is 41.9 Å². The van der Waals surface area contributed by atoms with Crippen LogP contribution in [0, 0.1) is 6.92 Å². The van der Waals surface area contributed by atoms with Crippen molar-refractivity contribution in [1.29, 1.82) is 0 Å². The number of aromatic nitrogens is 1. The third-order valence-corrected chi connectivity index (χ3v) is 5.45. The Hall–Kier alpha value is -1.78. The topological polar surface area (TPSA) is 22.3 Å². The van der Waals surface area contributed by atoms with E-state index in [1.54, 1.807) is 0 Å². The van der Waals surface area contributed by atoms with Crippen molar-refractivity contribution in [1.82, 2.24) is 9.88 Å². The van der Waals surface area contributed by atoms with Crippen LogP contribution in [0.25, 0.3) is 10.9 Å². The summed E-state index contributed by atoms with van der Waals surface area (Å²) in [6, 6.07) is 10.8. The van der Waals surface area contributed by atoms with Crippen molar-refractivity contribution >= 4 is 27.9 Å². The fourth-order valence-electron chi connectivity index (χ4n) is 3.36. The average molecular weight is 311 g/mol. The molecular weight excluding hydrogens is 290 g/mol. The Morgan fingerprint density at radius 2 is 1.91 bits per heavy atom. The highest BCUT2D eigenvalue weighted by atomic mass is 32.1. The largest absolute Gasteiger partial charge is 0.368 e. The van der Waals surface area contributed by atoms with Gasteiger partial charge in [-0.15, -0.1) is 11.3 Å². The van der Waals surface area contributed by atoms with E-state index in [0.717, 1.165) is 32.7 Å². The van der Waals surface area contributed by atoms with E-state index in [9.17, 15) is 0 Å². The number of aromatic amines is 1. The first-order valence-corrected chi connectivity index (χ1v) is 8.75. The van der Waals surface area contributed by atoms with Crippen LogP contribution in [0.3, 0.4) is 0 Å². The van der Waals surface area contributed by atoms with Crippen molar-refractivity contribution < 1.29 is 0 Å². The first-order chi connectivity index (χ1) is 10.8. The Labute approximate surface area is 135 Å². The molecule has 3 aromatic rings. The van der Waals surface area contributed by atoms with Crippen LogP contribution in [0.2, 0.25) is 0 Å². The minimum Gasteiger partial charge on any atom is -0.368 e. The molecule has 0 saturated carbocycles. The summed E-state index contributed by atoms with van der Waals surface area (Å²) in [5.74, 6) is 0. The number of nitrogens with one attached hydrogen (secondary N) is 1. The van der Waals surface area contributed by atoms with Crippen LogP contribution in [0.4, 0.5) is 5.69 Å². The number of hydrogen-bond donors (Lipinski definition) is 1. The second-order valence-electron chi connectivity index (χ2n) is 5.98. The molecule has 4 rings (SSSR count). The fraction of sp³-hybridized carbons (Fsp3) is 0.333. The molecule has 1 N–H and O–H groups in total. The lowest BCUT2D eigenvalue weighted by atomic mass is 10.1. The predicted octanol–water partition coefficient (Wildman–Crippen LogP) is 3.86. The van der Waals surface area contributed by atoms with E-state index in [4.69, 9.17) is 0 Å². The normalized spacial score (nSPS) is 16.5. The number of para-hydroxylation sites is 1. The van der Waals surface area contributed by atoms with E-state index in [0.29, 0.717) is 0 Å². The Bertz CT molecular complexity index is 765. The van der Waals surface area contributed by atoms with Gasteiger partial charge in [0, 0.05) is 54.7 Å². The zero-order valence-electron chi connectivity index (χ0n) is 12.9. The summed E-state index contributed by atoms with van der Waals surface area (Å²) in [5, 5.41) is 3.56. The van der Waals surface area contributed by atoms with Gasteiger partial charge in [-0.05, 0) is 30.0 Å². The number of anilines is 1. The van der Waals surface area contributed by atoms with Crippen molar-refractivity contribution in [2.75, 3.05) is 31.1 Å².